The number of rotatable bonds is 7. The van der Waals surface area contributed by atoms with Crippen LogP contribution in [0.5, 0.6) is 0 Å². The molecule has 1 atom stereocenters. The predicted molar refractivity (Wildman–Crippen MR) is 83.6 cm³/mol. The second-order valence-corrected chi connectivity index (χ2v) is 6.15. The van der Waals surface area contributed by atoms with Gasteiger partial charge >= 0.3 is 5.97 Å². The van der Waals surface area contributed by atoms with Crippen LogP contribution in [0.25, 0.3) is 0 Å². The summed E-state index contributed by atoms with van der Waals surface area (Å²) in [5.74, 6) is -0.270. The summed E-state index contributed by atoms with van der Waals surface area (Å²) in [4.78, 5) is 12.8. The van der Waals surface area contributed by atoms with Crippen LogP contribution in [0, 0.1) is 12.8 Å². The number of hydrogen-bond acceptors (Lipinski definition) is 3. The minimum Gasteiger partial charge on any atom is -0.480 e. The molecule has 1 aliphatic carbocycles. The molecule has 2 rings (SSSR count). The Balaban J connectivity index is 1.98. The topological polar surface area (TPSA) is 60.8 Å². The van der Waals surface area contributed by atoms with Gasteiger partial charge in [0.1, 0.15) is 6.54 Å². The van der Waals surface area contributed by atoms with Crippen molar-refractivity contribution in [3.63, 3.8) is 0 Å². The summed E-state index contributed by atoms with van der Waals surface area (Å²) in [7, 11) is 0. The van der Waals surface area contributed by atoms with Crippen molar-refractivity contribution in [3.05, 3.63) is 29.8 Å². The molecule has 0 heterocycles. The first-order chi connectivity index (χ1) is 10.0. The second-order valence-electron chi connectivity index (χ2n) is 6.15. The zero-order valence-corrected chi connectivity index (χ0v) is 12.7. The molecule has 0 aliphatic heterocycles. The molecule has 2 N–H and O–H groups in total. The zero-order chi connectivity index (χ0) is 15.2. The van der Waals surface area contributed by atoms with Crippen molar-refractivity contribution in [1.82, 2.24) is 0 Å². The van der Waals surface area contributed by atoms with E-state index in [-0.39, 0.29) is 6.54 Å². The molecule has 4 heteroatoms. The summed E-state index contributed by atoms with van der Waals surface area (Å²) in [6.45, 7) is 2.30. The fourth-order valence-electron chi connectivity index (χ4n) is 3.14. The van der Waals surface area contributed by atoms with Crippen molar-refractivity contribution in [2.45, 2.75) is 45.1 Å². The maximum atomic E-state index is 11.1. The Morgan fingerprint density at radius 3 is 2.48 bits per heavy atom. The lowest BCUT2D eigenvalue weighted by atomic mass is 9.99. The summed E-state index contributed by atoms with van der Waals surface area (Å²) in [5, 5.41) is 19.3. The molecule has 0 bridgehead atoms. The monoisotopic (exact) mass is 291 g/mol. The third kappa shape index (κ3) is 5.05. The molecule has 1 aromatic rings. The lowest BCUT2D eigenvalue weighted by Crippen LogP contribution is -2.37. The zero-order valence-electron chi connectivity index (χ0n) is 12.7. The third-order valence-electron chi connectivity index (χ3n) is 4.24. The van der Waals surface area contributed by atoms with Crippen molar-refractivity contribution in [2.75, 3.05) is 18.0 Å². The molecule has 1 saturated carbocycles. The quantitative estimate of drug-likeness (QED) is 0.811. The van der Waals surface area contributed by atoms with E-state index in [9.17, 15) is 9.90 Å². The fraction of sp³-hybridized carbons (Fsp3) is 0.588. The summed E-state index contributed by atoms with van der Waals surface area (Å²) in [5.41, 5.74) is 1.99. The Kier molecular flexibility index (Phi) is 5.62. The van der Waals surface area contributed by atoms with E-state index >= 15 is 0 Å². The van der Waals surface area contributed by atoms with Crippen molar-refractivity contribution >= 4 is 11.7 Å². The molecule has 1 aromatic carbocycles. The maximum Gasteiger partial charge on any atom is 0.323 e. The molecular formula is C17H25NO3. The van der Waals surface area contributed by atoms with Gasteiger partial charge < -0.3 is 15.1 Å². The van der Waals surface area contributed by atoms with Crippen LogP contribution in [-0.2, 0) is 4.79 Å². The lowest BCUT2D eigenvalue weighted by Gasteiger charge is -2.27. The van der Waals surface area contributed by atoms with Gasteiger partial charge in [0.15, 0.2) is 0 Å². The molecule has 21 heavy (non-hydrogen) atoms. The molecule has 0 amide bonds. The maximum absolute atomic E-state index is 11.1. The van der Waals surface area contributed by atoms with Gasteiger partial charge in [-0.3, -0.25) is 4.79 Å². The van der Waals surface area contributed by atoms with Crippen LogP contribution in [-0.4, -0.2) is 35.4 Å². The van der Waals surface area contributed by atoms with Crippen LogP contribution in [0.4, 0.5) is 5.69 Å². The first-order valence-electron chi connectivity index (χ1n) is 7.76. The predicted octanol–water partition coefficient (Wildman–Crippen LogP) is 2.83. The minimum absolute atomic E-state index is 0.0786. The number of anilines is 1. The summed E-state index contributed by atoms with van der Waals surface area (Å²) >= 11 is 0. The fourth-order valence-corrected chi connectivity index (χ4v) is 3.14. The number of aryl methyl sites for hydroxylation is 1. The smallest absolute Gasteiger partial charge is 0.323 e. The van der Waals surface area contributed by atoms with E-state index in [1.54, 1.807) is 4.90 Å². The normalized spacial score (nSPS) is 16.9. The van der Waals surface area contributed by atoms with Crippen molar-refractivity contribution < 1.29 is 15.0 Å². The molecule has 0 saturated heterocycles. The second kappa shape index (κ2) is 7.46. The summed E-state index contributed by atoms with van der Waals surface area (Å²) in [6, 6.07) is 7.77. The standard InChI is InChI=1S/C17H25NO3/c1-13-6-8-15(9-7-13)18(12-17(20)21)11-16(19)10-14-4-2-3-5-14/h6-9,14,16,19H,2-5,10-12H2,1H3,(H,20,21). The van der Waals surface area contributed by atoms with E-state index in [4.69, 9.17) is 5.11 Å². The number of carbonyl (C=O) groups is 1. The SMILES string of the molecule is Cc1ccc(N(CC(=O)O)CC(O)CC2CCCC2)cc1. The minimum atomic E-state index is -0.872. The average molecular weight is 291 g/mol. The van der Waals surface area contributed by atoms with Gasteiger partial charge in [0.2, 0.25) is 0 Å². The summed E-state index contributed by atoms with van der Waals surface area (Å²) in [6.07, 6.45) is 5.22. The van der Waals surface area contributed by atoms with E-state index in [1.807, 2.05) is 31.2 Å². The molecule has 1 fully saturated rings. The van der Waals surface area contributed by atoms with Gasteiger partial charge in [-0.15, -0.1) is 0 Å². The molecule has 1 unspecified atom stereocenters. The molecule has 0 aromatic heterocycles. The lowest BCUT2D eigenvalue weighted by molar-refractivity contribution is -0.135. The third-order valence-corrected chi connectivity index (χ3v) is 4.24. The molecule has 1 aliphatic rings. The van der Waals surface area contributed by atoms with Crippen molar-refractivity contribution in [3.8, 4) is 0 Å². The Morgan fingerprint density at radius 2 is 1.90 bits per heavy atom. The Labute approximate surface area is 126 Å². The molecule has 0 radical (unpaired) electrons. The van der Waals surface area contributed by atoms with Crippen LogP contribution < -0.4 is 4.90 Å². The van der Waals surface area contributed by atoms with E-state index < -0.39 is 12.1 Å². The highest BCUT2D eigenvalue weighted by Gasteiger charge is 2.21. The number of aliphatic hydroxyl groups excluding tert-OH is 1. The van der Waals surface area contributed by atoms with Gasteiger partial charge in [-0.25, -0.2) is 0 Å². The first-order valence-corrected chi connectivity index (χ1v) is 7.76. The van der Waals surface area contributed by atoms with Gasteiger partial charge in [-0.05, 0) is 31.4 Å². The molecule has 116 valence electrons. The number of hydrogen-bond donors (Lipinski definition) is 2. The average Bonchev–Trinajstić information content (AvgIpc) is 2.91. The molecular weight excluding hydrogens is 266 g/mol. The highest BCUT2D eigenvalue weighted by Crippen LogP contribution is 2.29. The van der Waals surface area contributed by atoms with Crippen LogP contribution >= 0.6 is 0 Å². The van der Waals surface area contributed by atoms with Crippen LogP contribution in [0.3, 0.4) is 0 Å². The van der Waals surface area contributed by atoms with E-state index in [0.29, 0.717) is 12.5 Å². The molecule has 4 nitrogen and oxygen atoms in total. The van der Waals surface area contributed by atoms with Gasteiger partial charge in [-0.2, -0.15) is 0 Å². The van der Waals surface area contributed by atoms with Gasteiger partial charge in [0, 0.05) is 12.2 Å². The Hall–Kier alpha value is -1.55. The van der Waals surface area contributed by atoms with Crippen LogP contribution in [0.2, 0.25) is 0 Å². The Bertz CT molecular complexity index is 452. The number of aliphatic carboxylic acids is 1. The van der Waals surface area contributed by atoms with Gasteiger partial charge in [0.05, 0.1) is 6.10 Å². The first kappa shape index (κ1) is 15.8. The Morgan fingerprint density at radius 1 is 1.29 bits per heavy atom. The van der Waals surface area contributed by atoms with Crippen molar-refractivity contribution in [2.24, 2.45) is 5.92 Å². The largest absolute Gasteiger partial charge is 0.480 e. The number of carboxylic acids is 1. The molecule has 0 spiro atoms. The van der Waals surface area contributed by atoms with Gasteiger partial charge in [-0.1, -0.05) is 43.4 Å². The number of aliphatic hydroxyl groups is 1. The van der Waals surface area contributed by atoms with E-state index in [1.165, 1.54) is 25.7 Å². The number of benzene rings is 1. The highest BCUT2D eigenvalue weighted by molar-refractivity contribution is 5.73. The number of carboxylic acid groups (broad SMARTS) is 1. The number of nitrogens with zero attached hydrogens (tertiary/aromatic N) is 1. The van der Waals surface area contributed by atoms with E-state index in [2.05, 4.69) is 0 Å². The highest BCUT2D eigenvalue weighted by atomic mass is 16.4. The van der Waals surface area contributed by atoms with E-state index in [0.717, 1.165) is 17.7 Å². The van der Waals surface area contributed by atoms with Crippen molar-refractivity contribution in [1.29, 1.82) is 0 Å². The van der Waals surface area contributed by atoms with Crippen LogP contribution in [0.15, 0.2) is 24.3 Å². The van der Waals surface area contributed by atoms with Gasteiger partial charge in [0.25, 0.3) is 0 Å². The summed E-state index contributed by atoms with van der Waals surface area (Å²) < 4.78 is 0. The van der Waals surface area contributed by atoms with Crippen LogP contribution in [0.1, 0.15) is 37.7 Å².